The molecule has 0 aromatic carbocycles. The van der Waals surface area contributed by atoms with Gasteiger partial charge in [-0.05, 0) is 25.7 Å². The van der Waals surface area contributed by atoms with Crippen molar-refractivity contribution >= 4 is 11.8 Å². The van der Waals surface area contributed by atoms with Crippen molar-refractivity contribution in [1.29, 1.82) is 0 Å². The average Bonchev–Trinajstić information content (AvgIpc) is 2.70. The monoisotopic (exact) mass is 408 g/mol. The van der Waals surface area contributed by atoms with Crippen molar-refractivity contribution in [2.24, 2.45) is 0 Å². The summed E-state index contributed by atoms with van der Waals surface area (Å²) in [5, 5.41) is 2.48. The summed E-state index contributed by atoms with van der Waals surface area (Å²) in [5.74, 6) is -0.459. The molecule has 0 spiro atoms. The SMILES string of the molecule is CNC(=O)COCCCOCCCONC(=O)COCCCCOCCOC. The summed E-state index contributed by atoms with van der Waals surface area (Å²) in [5.41, 5.74) is 2.33. The molecule has 0 saturated carbocycles. The van der Waals surface area contributed by atoms with E-state index in [-0.39, 0.29) is 25.0 Å². The summed E-state index contributed by atoms with van der Waals surface area (Å²) in [6.45, 7) is 4.29. The molecule has 0 unspecified atom stereocenters. The van der Waals surface area contributed by atoms with E-state index < -0.39 is 0 Å². The summed E-state index contributed by atoms with van der Waals surface area (Å²) in [6, 6.07) is 0. The number of carbonyl (C=O) groups excluding carboxylic acids is 2. The first kappa shape index (κ1) is 26.7. The summed E-state index contributed by atoms with van der Waals surface area (Å²) in [4.78, 5) is 27.4. The number of hydroxylamine groups is 1. The predicted octanol–water partition coefficient (Wildman–Crippen LogP) is 0.0534. The fourth-order valence-corrected chi connectivity index (χ4v) is 1.81. The van der Waals surface area contributed by atoms with Crippen LogP contribution in [0.2, 0.25) is 0 Å². The van der Waals surface area contributed by atoms with E-state index in [0.717, 1.165) is 12.8 Å². The zero-order valence-electron chi connectivity index (χ0n) is 17.2. The highest BCUT2D eigenvalue weighted by molar-refractivity contribution is 5.76. The van der Waals surface area contributed by atoms with Gasteiger partial charge in [0.2, 0.25) is 5.91 Å². The molecule has 0 bridgehead atoms. The lowest BCUT2D eigenvalue weighted by molar-refractivity contribution is -0.138. The van der Waals surface area contributed by atoms with Gasteiger partial charge in [-0.1, -0.05) is 0 Å². The smallest absolute Gasteiger partial charge is 0.269 e. The number of methoxy groups -OCH3 is 1. The molecule has 0 aromatic rings. The van der Waals surface area contributed by atoms with Crippen LogP contribution in [0.15, 0.2) is 0 Å². The molecule has 0 saturated heterocycles. The Hall–Kier alpha value is -1.30. The van der Waals surface area contributed by atoms with E-state index >= 15 is 0 Å². The minimum absolute atomic E-state index is 0.0307. The van der Waals surface area contributed by atoms with E-state index in [0.29, 0.717) is 65.7 Å². The Morgan fingerprint density at radius 2 is 1.18 bits per heavy atom. The molecule has 0 aliphatic heterocycles. The maximum Gasteiger partial charge on any atom is 0.269 e. The maximum atomic E-state index is 11.5. The summed E-state index contributed by atoms with van der Waals surface area (Å²) < 4.78 is 26.0. The van der Waals surface area contributed by atoms with Gasteiger partial charge in [-0.3, -0.25) is 14.4 Å². The number of rotatable bonds is 21. The number of unbranched alkanes of at least 4 members (excludes halogenated alkanes) is 1. The minimum Gasteiger partial charge on any atom is -0.382 e. The highest BCUT2D eigenvalue weighted by Crippen LogP contribution is 1.92. The molecule has 166 valence electrons. The molecule has 0 aliphatic carbocycles. The first-order valence-corrected chi connectivity index (χ1v) is 9.61. The lowest BCUT2D eigenvalue weighted by atomic mass is 10.3. The molecule has 2 amide bonds. The standard InChI is InChI=1S/C18H36N2O8/c1-19-17(21)15-27-11-5-9-24-10-6-12-28-20-18(22)16-26-8-4-3-7-25-14-13-23-2/h3-16H2,1-2H3,(H,19,21)(H,20,22). The molecular weight excluding hydrogens is 372 g/mol. The third kappa shape index (κ3) is 21.0. The average molecular weight is 408 g/mol. The second-order valence-corrected chi connectivity index (χ2v) is 5.78. The second kappa shape index (κ2) is 22.0. The molecule has 10 nitrogen and oxygen atoms in total. The molecule has 0 radical (unpaired) electrons. The van der Waals surface area contributed by atoms with Crippen LogP contribution < -0.4 is 10.8 Å². The first-order valence-electron chi connectivity index (χ1n) is 9.61. The molecule has 0 aromatic heterocycles. The van der Waals surface area contributed by atoms with Crippen molar-refractivity contribution in [3.63, 3.8) is 0 Å². The van der Waals surface area contributed by atoms with Gasteiger partial charge in [0.1, 0.15) is 13.2 Å². The fourth-order valence-electron chi connectivity index (χ4n) is 1.81. The third-order valence-corrected chi connectivity index (χ3v) is 3.30. The van der Waals surface area contributed by atoms with E-state index in [4.69, 9.17) is 28.5 Å². The molecule has 0 rings (SSSR count). The number of carbonyl (C=O) groups is 2. The Morgan fingerprint density at radius 3 is 1.86 bits per heavy atom. The van der Waals surface area contributed by atoms with Crippen LogP contribution in [0.5, 0.6) is 0 Å². The van der Waals surface area contributed by atoms with E-state index in [1.807, 2.05) is 0 Å². The van der Waals surface area contributed by atoms with Gasteiger partial charge >= 0.3 is 0 Å². The third-order valence-electron chi connectivity index (χ3n) is 3.30. The van der Waals surface area contributed by atoms with Crippen LogP contribution in [0.1, 0.15) is 25.7 Å². The van der Waals surface area contributed by atoms with Gasteiger partial charge in [-0.15, -0.1) is 0 Å². The second-order valence-electron chi connectivity index (χ2n) is 5.78. The quantitative estimate of drug-likeness (QED) is 0.202. The van der Waals surface area contributed by atoms with Gasteiger partial charge in [0.25, 0.3) is 5.91 Å². The highest BCUT2D eigenvalue weighted by atomic mass is 16.7. The Morgan fingerprint density at radius 1 is 0.643 bits per heavy atom. The van der Waals surface area contributed by atoms with Crippen LogP contribution in [0.3, 0.4) is 0 Å². The van der Waals surface area contributed by atoms with E-state index in [1.54, 1.807) is 14.2 Å². The fraction of sp³-hybridized carbons (Fsp3) is 0.889. The minimum atomic E-state index is -0.314. The molecule has 0 fully saturated rings. The molecule has 0 atom stereocenters. The van der Waals surface area contributed by atoms with Crippen LogP contribution in [0, 0.1) is 0 Å². The predicted molar refractivity (Wildman–Crippen MR) is 102 cm³/mol. The van der Waals surface area contributed by atoms with Gasteiger partial charge in [0.05, 0.1) is 19.8 Å². The van der Waals surface area contributed by atoms with Crippen molar-refractivity contribution in [3.05, 3.63) is 0 Å². The van der Waals surface area contributed by atoms with Crippen LogP contribution in [-0.2, 0) is 38.1 Å². The van der Waals surface area contributed by atoms with Crippen LogP contribution in [0.25, 0.3) is 0 Å². The van der Waals surface area contributed by atoms with Crippen molar-refractivity contribution in [3.8, 4) is 0 Å². The number of hydrogen-bond donors (Lipinski definition) is 2. The lowest BCUT2D eigenvalue weighted by Crippen LogP contribution is -2.28. The van der Waals surface area contributed by atoms with Crippen molar-refractivity contribution in [2.45, 2.75) is 25.7 Å². The summed E-state index contributed by atoms with van der Waals surface area (Å²) in [7, 11) is 3.20. The topological polar surface area (TPSA) is 114 Å². The van der Waals surface area contributed by atoms with Crippen molar-refractivity contribution in [1.82, 2.24) is 10.8 Å². The zero-order valence-corrected chi connectivity index (χ0v) is 17.2. The van der Waals surface area contributed by atoms with Gasteiger partial charge < -0.3 is 29.0 Å². The molecule has 0 aliphatic rings. The van der Waals surface area contributed by atoms with E-state index in [2.05, 4.69) is 10.8 Å². The molecular formula is C18H36N2O8. The van der Waals surface area contributed by atoms with Gasteiger partial charge in [-0.2, -0.15) is 0 Å². The summed E-state index contributed by atoms with van der Waals surface area (Å²) in [6.07, 6.45) is 3.08. The van der Waals surface area contributed by atoms with E-state index in [1.165, 1.54) is 0 Å². The van der Waals surface area contributed by atoms with Crippen LogP contribution in [-0.4, -0.2) is 92.0 Å². The van der Waals surface area contributed by atoms with Gasteiger partial charge in [0, 0.05) is 47.2 Å². The number of hydrogen-bond acceptors (Lipinski definition) is 8. The van der Waals surface area contributed by atoms with Crippen molar-refractivity contribution < 1.29 is 38.1 Å². The van der Waals surface area contributed by atoms with Crippen LogP contribution >= 0.6 is 0 Å². The van der Waals surface area contributed by atoms with Gasteiger partial charge in [0.15, 0.2) is 0 Å². The number of amides is 2. The molecule has 10 heteroatoms. The Kier molecular flexibility index (Phi) is 21.0. The normalized spacial score (nSPS) is 10.8. The molecule has 28 heavy (non-hydrogen) atoms. The van der Waals surface area contributed by atoms with Crippen LogP contribution in [0.4, 0.5) is 0 Å². The van der Waals surface area contributed by atoms with E-state index in [9.17, 15) is 9.59 Å². The van der Waals surface area contributed by atoms with Crippen molar-refractivity contribution in [2.75, 3.05) is 80.2 Å². The number of nitrogens with one attached hydrogen (secondary N) is 2. The number of ether oxygens (including phenoxy) is 5. The zero-order chi connectivity index (χ0) is 20.7. The maximum absolute atomic E-state index is 11.5. The number of likely N-dealkylation sites (N-methyl/N-ethyl adjacent to an activating group) is 1. The molecule has 0 heterocycles. The Bertz CT molecular complexity index is 371. The lowest BCUT2D eigenvalue weighted by Gasteiger charge is -2.08. The largest absolute Gasteiger partial charge is 0.382 e. The Balaban J connectivity index is 3.18. The summed E-state index contributed by atoms with van der Waals surface area (Å²) >= 11 is 0. The highest BCUT2D eigenvalue weighted by Gasteiger charge is 2.01. The van der Waals surface area contributed by atoms with Gasteiger partial charge in [-0.25, -0.2) is 5.48 Å². The Labute approximate surface area is 167 Å². The molecule has 2 N–H and O–H groups in total. The first-order chi connectivity index (χ1) is 13.7.